The van der Waals surface area contributed by atoms with Gasteiger partial charge in [0.1, 0.15) is 6.61 Å². The van der Waals surface area contributed by atoms with Gasteiger partial charge in [0.05, 0.1) is 6.61 Å². The van der Waals surface area contributed by atoms with Gasteiger partial charge in [0, 0.05) is 12.8 Å². The van der Waals surface area contributed by atoms with Gasteiger partial charge >= 0.3 is 19.8 Å². The van der Waals surface area contributed by atoms with Gasteiger partial charge in [-0.3, -0.25) is 14.1 Å². The minimum Gasteiger partial charge on any atom is -0.462 e. The molecule has 1 atom stereocenters. The molecule has 0 aliphatic rings. The van der Waals surface area contributed by atoms with E-state index in [-0.39, 0.29) is 19.4 Å². The number of ether oxygens (including phenoxy) is 2. The molecule has 0 spiro atoms. The highest BCUT2D eigenvalue weighted by atomic mass is 31.2. The zero-order valence-electron chi connectivity index (χ0n) is 29.0. The summed E-state index contributed by atoms with van der Waals surface area (Å²) in [7, 11) is -4.74. The van der Waals surface area contributed by atoms with Gasteiger partial charge in [-0.05, 0) is 38.5 Å². The van der Waals surface area contributed by atoms with Crippen LogP contribution in [0.15, 0.2) is 12.2 Å². The fraction of sp³-hybridized carbons (Fsp3) is 0.889. The Labute approximate surface area is 276 Å². The van der Waals surface area contributed by atoms with Gasteiger partial charge in [-0.25, -0.2) is 4.57 Å². The number of carbonyl (C=O) groups excluding carboxylic acids is 2. The van der Waals surface area contributed by atoms with Crippen molar-refractivity contribution in [1.29, 1.82) is 0 Å². The van der Waals surface area contributed by atoms with Crippen molar-refractivity contribution in [2.24, 2.45) is 0 Å². The molecule has 0 saturated carbocycles. The molecule has 266 valence electrons. The summed E-state index contributed by atoms with van der Waals surface area (Å²) in [5, 5.41) is 0. The third-order valence-electron chi connectivity index (χ3n) is 8.03. The van der Waals surface area contributed by atoms with Crippen LogP contribution in [0, 0.1) is 0 Å². The summed E-state index contributed by atoms with van der Waals surface area (Å²) in [5.41, 5.74) is 0. The minimum absolute atomic E-state index is 0.213. The molecule has 0 aromatic carbocycles. The normalized spacial score (nSPS) is 12.5. The van der Waals surface area contributed by atoms with Gasteiger partial charge in [0.15, 0.2) is 6.10 Å². The maximum atomic E-state index is 12.3. The van der Waals surface area contributed by atoms with Gasteiger partial charge in [-0.2, -0.15) is 0 Å². The van der Waals surface area contributed by atoms with Crippen molar-refractivity contribution in [3.63, 3.8) is 0 Å². The Kier molecular flexibility index (Phi) is 31.8. The van der Waals surface area contributed by atoms with E-state index in [2.05, 4.69) is 30.5 Å². The monoisotopic (exact) mass is 660 g/mol. The van der Waals surface area contributed by atoms with Crippen LogP contribution in [0.25, 0.3) is 0 Å². The van der Waals surface area contributed by atoms with E-state index >= 15 is 0 Å². The number of allylic oxidation sites excluding steroid dienone is 2. The molecule has 1 unspecified atom stereocenters. The predicted octanol–water partition coefficient (Wildman–Crippen LogP) is 10.7. The molecule has 0 aromatic rings. The molecule has 0 amide bonds. The summed E-state index contributed by atoms with van der Waals surface area (Å²) in [6.07, 6.45) is 34.0. The van der Waals surface area contributed by atoms with Crippen LogP contribution in [0.3, 0.4) is 0 Å². The molecule has 0 aliphatic heterocycles. The lowest BCUT2D eigenvalue weighted by molar-refractivity contribution is -0.161. The fourth-order valence-electron chi connectivity index (χ4n) is 5.25. The molecule has 8 nitrogen and oxygen atoms in total. The number of carbonyl (C=O) groups is 2. The van der Waals surface area contributed by atoms with Gasteiger partial charge in [-0.1, -0.05) is 148 Å². The maximum absolute atomic E-state index is 12.3. The zero-order valence-corrected chi connectivity index (χ0v) is 29.9. The Balaban J connectivity index is 3.81. The van der Waals surface area contributed by atoms with Gasteiger partial charge in [-0.15, -0.1) is 0 Å². The average molecular weight is 661 g/mol. The van der Waals surface area contributed by atoms with Crippen LogP contribution < -0.4 is 0 Å². The highest BCUT2D eigenvalue weighted by Crippen LogP contribution is 2.36. The first kappa shape index (κ1) is 43.8. The Morgan fingerprint density at radius 1 is 0.556 bits per heavy atom. The molecular weight excluding hydrogens is 591 g/mol. The van der Waals surface area contributed by atoms with Gasteiger partial charge in [0.2, 0.25) is 0 Å². The Bertz CT molecular complexity index is 751. The summed E-state index contributed by atoms with van der Waals surface area (Å²) in [4.78, 5) is 42.4. The first-order valence-corrected chi connectivity index (χ1v) is 20.0. The maximum Gasteiger partial charge on any atom is 0.469 e. The van der Waals surface area contributed by atoms with E-state index in [1.54, 1.807) is 0 Å². The van der Waals surface area contributed by atoms with Crippen molar-refractivity contribution >= 4 is 19.8 Å². The first-order valence-electron chi connectivity index (χ1n) is 18.5. The quantitative estimate of drug-likeness (QED) is 0.0303. The second-order valence-corrected chi connectivity index (χ2v) is 13.8. The van der Waals surface area contributed by atoms with Crippen molar-refractivity contribution in [3.05, 3.63) is 12.2 Å². The number of hydrogen-bond donors (Lipinski definition) is 2. The largest absolute Gasteiger partial charge is 0.469 e. The lowest BCUT2D eigenvalue weighted by atomic mass is 10.1. The second kappa shape index (κ2) is 32.7. The van der Waals surface area contributed by atoms with Crippen molar-refractivity contribution in [1.82, 2.24) is 0 Å². The molecule has 0 radical (unpaired) electrons. The van der Waals surface area contributed by atoms with Crippen LogP contribution in [0.2, 0.25) is 0 Å². The van der Waals surface area contributed by atoms with E-state index in [4.69, 9.17) is 19.3 Å². The van der Waals surface area contributed by atoms with Crippen LogP contribution in [0.5, 0.6) is 0 Å². The molecule has 0 bridgehead atoms. The number of phosphoric acid groups is 1. The van der Waals surface area contributed by atoms with Crippen molar-refractivity contribution in [2.75, 3.05) is 13.2 Å². The average Bonchev–Trinajstić information content (AvgIpc) is 3.00. The lowest BCUT2D eigenvalue weighted by Crippen LogP contribution is -2.29. The van der Waals surface area contributed by atoms with Crippen LogP contribution in [-0.2, 0) is 28.2 Å². The molecule has 2 N–H and O–H groups in total. The smallest absolute Gasteiger partial charge is 0.462 e. The predicted molar refractivity (Wildman–Crippen MR) is 184 cm³/mol. The summed E-state index contributed by atoms with van der Waals surface area (Å²) < 4.78 is 26.1. The summed E-state index contributed by atoms with van der Waals surface area (Å²) >= 11 is 0. The Hall–Kier alpha value is -1.21. The summed E-state index contributed by atoms with van der Waals surface area (Å²) in [6, 6.07) is 0. The number of unbranched alkanes of at least 4 members (excludes halogenated alkanes) is 22. The topological polar surface area (TPSA) is 119 Å². The third-order valence-corrected chi connectivity index (χ3v) is 8.52. The number of rotatable bonds is 34. The van der Waals surface area contributed by atoms with E-state index < -0.39 is 32.5 Å². The lowest BCUT2D eigenvalue weighted by Gasteiger charge is -2.18. The van der Waals surface area contributed by atoms with E-state index in [1.807, 2.05) is 0 Å². The van der Waals surface area contributed by atoms with Crippen LogP contribution in [0.1, 0.15) is 187 Å². The molecule has 45 heavy (non-hydrogen) atoms. The highest BCUT2D eigenvalue weighted by Gasteiger charge is 2.22. The molecule has 0 heterocycles. The molecule has 0 rings (SSSR count). The Morgan fingerprint density at radius 2 is 0.933 bits per heavy atom. The molecule has 0 aromatic heterocycles. The van der Waals surface area contributed by atoms with E-state index in [1.165, 1.54) is 103 Å². The molecule has 0 fully saturated rings. The van der Waals surface area contributed by atoms with E-state index in [0.29, 0.717) is 6.42 Å². The standard InChI is InChI=1S/C36H69O8P/c1-3-5-7-9-11-12-13-14-15-16-17-18-19-20-21-22-23-24-25-27-29-31-36(38)44-34(33-43-45(39,40)41)32-42-35(37)30-28-26-10-8-6-4-2/h16-17,34H,3-15,18-33H2,1-2H3,(H2,39,40,41)/b17-16-. The van der Waals surface area contributed by atoms with Crippen molar-refractivity contribution < 1.29 is 37.9 Å². The zero-order chi connectivity index (χ0) is 33.3. The van der Waals surface area contributed by atoms with Gasteiger partial charge < -0.3 is 19.3 Å². The molecule has 0 saturated heterocycles. The fourth-order valence-corrected chi connectivity index (χ4v) is 5.61. The molecule has 9 heteroatoms. The number of hydrogen-bond acceptors (Lipinski definition) is 6. The van der Waals surface area contributed by atoms with Crippen molar-refractivity contribution in [3.8, 4) is 0 Å². The van der Waals surface area contributed by atoms with Crippen LogP contribution >= 0.6 is 7.82 Å². The first-order chi connectivity index (χ1) is 21.8. The number of esters is 2. The van der Waals surface area contributed by atoms with E-state index in [9.17, 15) is 14.2 Å². The highest BCUT2D eigenvalue weighted by molar-refractivity contribution is 7.46. The summed E-state index contributed by atoms with van der Waals surface area (Å²) in [5.74, 6) is -0.892. The third kappa shape index (κ3) is 35.5. The van der Waals surface area contributed by atoms with Crippen LogP contribution in [0.4, 0.5) is 0 Å². The summed E-state index contributed by atoms with van der Waals surface area (Å²) in [6.45, 7) is 3.61. The molecule has 0 aliphatic carbocycles. The van der Waals surface area contributed by atoms with E-state index in [0.717, 1.165) is 51.4 Å². The second-order valence-electron chi connectivity index (χ2n) is 12.6. The van der Waals surface area contributed by atoms with Crippen LogP contribution in [-0.4, -0.2) is 41.0 Å². The SMILES string of the molecule is CCCCCCCCCC/C=C\CCCCCCCCCCCC(=O)OC(COC(=O)CCCCCCCC)COP(=O)(O)O. The van der Waals surface area contributed by atoms with Crippen molar-refractivity contribution in [2.45, 2.75) is 193 Å². The number of phosphoric ester groups is 1. The minimum atomic E-state index is -4.74. The Morgan fingerprint density at radius 3 is 1.36 bits per heavy atom. The van der Waals surface area contributed by atoms with Gasteiger partial charge in [0.25, 0.3) is 0 Å². The molecular formula is C36H69O8P.